The fourth-order valence-electron chi connectivity index (χ4n) is 1.09. The number of rotatable bonds is 4. The first-order chi connectivity index (χ1) is 8.30. The van der Waals surface area contributed by atoms with Crippen LogP contribution in [-0.4, -0.2) is 29.6 Å². The molecule has 0 aliphatic carbocycles. The van der Waals surface area contributed by atoms with Crippen molar-refractivity contribution in [3.05, 3.63) is 45.5 Å². The SMILES string of the molecule is [2H]C([2H])(C(O)c1ccc(C(=O)OC)cc1)[N+](=O)[O-]. The lowest BCUT2D eigenvalue weighted by atomic mass is 10.1. The van der Waals surface area contributed by atoms with Crippen molar-refractivity contribution in [3.8, 4) is 0 Å². The van der Waals surface area contributed by atoms with Crippen molar-refractivity contribution < 1.29 is 22.3 Å². The highest BCUT2D eigenvalue weighted by Crippen LogP contribution is 2.14. The summed E-state index contributed by atoms with van der Waals surface area (Å²) in [6.07, 6.45) is -1.92. The maximum atomic E-state index is 11.1. The van der Waals surface area contributed by atoms with Crippen LogP contribution in [0.4, 0.5) is 0 Å². The number of esters is 1. The largest absolute Gasteiger partial charge is 0.465 e. The van der Waals surface area contributed by atoms with Gasteiger partial charge in [0.15, 0.2) is 0 Å². The predicted molar refractivity (Wildman–Crippen MR) is 54.6 cm³/mol. The number of hydrogen-bond acceptors (Lipinski definition) is 5. The van der Waals surface area contributed by atoms with Crippen LogP contribution in [0.2, 0.25) is 0 Å². The highest BCUT2D eigenvalue weighted by Gasteiger charge is 2.14. The van der Waals surface area contributed by atoms with Gasteiger partial charge in [-0.25, -0.2) is 4.79 Å². The summed E-state index contributed by atoms with van der Waals surface area (Å²) in [5.74, 6) is -0.590. The number of ether oxygens (including phenoxy) is 1. The van der Waals surface area contributed by atoms with E-state index in [0.29, 0.717) is 0 Å². The standard InChI is InChI=1S/C10H11NO5/c1-16-10(13)8-4-2-7(3-5-8)9(12)6-11(14)15/h2-5,9,12H,6H2,1H3/i6D2. The van der Waals surface area contributed by atoms with Crippen LogP contribution in [-0.2, 0) is 4.74 Å². The summed E-state index contributed by atoms with van der Waals surface area (Å²) >= 11 is 0. The van der Waals surface area contributed by atoms with E-state index in [1.807, 2.05) is 0 Å². The van der Waals surface area contributed by atoms with Gasteiger partial charge >= 0.3 is 5.97 Å². The van der Waals surface area contributed by atoms with Crippen LogP contribution in [0.5, 0.6) is 0 Å². The van der Waals surface area contributed by atoms with Gasteiger partial charge in [-0.05, 0) is 17.7 Å². The fourth-order valence-corrected chi connectivity index (χ4v) is 1.09. The molecule has 16 heavy (non-hydrogen) atoms. The molecule has 0 fully saturated rings. The minimum absolute atomic E-state index is 0.00403. The number of nitrogens with zero attached hydrogens (tertiary/aromatic N) is 1. The minimum atomic E-state index is -2.99. The molecule has 0 saturated heterocycles. The first-order valence-corrected chi connectivity index (χ1v) is 4.31. The van der Waals surface area contributed by atoms with Gasteiger partial charge in [0.2, 0.25) is 6.50 Å². The molecule has 1 unspecified atom stereocenters. The Balaban J connectivity index is 2.99. The van der Waals surface area contributed by atoms with Crippen LogP contribution in [0.1, 0.15) is 24.8 Å². The number of nitro groups is 1. The van der Waals surface area contributed by atoms with Gasteiger partial charge in [0.1, 0.15) is 8.85 Å². The molecule has 1 rings (SSSR count). The lowest BCUT2D eigenvalue weighted by molar-refractivity contribution is -0.491. The first-order valence-electron chi connectivity index (χ1n) is 5.31. The van der Waals surface area contributed by atoms with E-state index in [-0.39, 0.29) is 11.1 Å². The summed E-state index contributed by atoms with van der Waals surface area (Å²) in [6, 6.07) is 5.05. The lowest BCUT2D eigenvalue weighted by Crippen LogP contribution is -2.12. The zero-order valence-corrected chi connectivity index (χ0v) is 8.41. The number of aliphatic hydroxyl groups is 1. The topological polar surface area (TPSA) is 89.7 Å². The number of benzene rings is 1. The van der Waals surface area contributed by atoms with Gasteiger partial charge < -0.3 is 9.84 Å². The highest BCUT2D eigenvalue weighted by atomic mass is 16.6. The second kappa shape index (κ2) is 5.22. The number of carbonyl (C=O) groups excluding carboxylic acids is 1. The molecule has 0 aromatic heterocycles. The van der Waals surface area contributed by atoms with E-state index in [4.69, 9.17) is 2.74 Å². The van der Waals surface area contributed by atoms with E-state index in [1.165, 1.54) is 31.4 Å². The smallest absolute Gasteiger partial charge is 0.337 e. The Morgan fingerprint density at radius 3 is 2.62 bits per heavy atom. The van der Waals surface area contributed by atoms with Crippen molar-refractivity contribution >= 4 is 5.97 Å². The van der Waals surface area contributed by atoms with Crippen LogP contribution < -0.4 is 0 Å². The van der Waals surface area contributed by atoms with E-state index in [0.717, 1.165) is 0 Å². The Hall–Kier alpha value is -1.95. The minimum Gasteiger partial charge on any atom is -0.465 e. The van der Waals surface area contributed by atoms with Crippen molar-refractivity contribution in [1.82, 2.24) is 0 Å². The Morgan fingerprint density at radius 1 is 1.62 bits per heavy atom. The van der Waals surface area contributed by atoms with Crippen molar-refractivity contribution in [2.75, 3.05) is 13.6 Å². The van der Waals surface area contributed by atoms with Crippen molar-refractivity contribution in [3.63, 3.8) is 0 Å². The highest BCUT2D eigenvalue weighted by molar-refractivity contribution is 5.89. The van der Waals surface area contributed by atoms with Crippen LogP contribution in [0.15, 0.2) is 24.3 Å². The lowest BCUT2D eigenvalue weighted by Gasteiger charge is -2.06. The van der Waals surface area contributed by atoms with Gasteiger partial charge in [0.25, 0.3) is 0 Å². The molecule has 0 bridgehead atoms. The molecule has 0 spiro atoms. The number of hydrogen-bond donors (Lipinski definition) is 1. The molecule has 0 aliphatic heterocycles. The zero-order chi connectivity index (χ0) is 13.9. The molecule has 0 amide bonds. The van der Waals surface area contributed by atoms with Crippen molar-refractivity contribution in [2.45, 2.75) is 6.10 Å². The van der Waals surface area contributed by atoms with Crippen LogP contribution in [0.3, 0.4) is 0 Å². The van der Waals surface area contributed by atoms with E-state index in [2.05, 4.69) is 4.74 Å². The summed E-state index contributed by atoms with van der Waals surface area (Å²) in [4.78, 5) is 20.4. The molecule has 1 aromatic carbocycles. The first kappa shape index (κ1) is 9.29. The molecule has 0 saturated carbocycles. The molecular weight excluding hydrogens is 214 g/mol. The molecular formula is C10H11NO5. The summed E-state index contributed by atoms with van der Waals surface area (Å²) in [7, 11) is 1.20. The normalized spacial score (nSPS) is 14.6. The zero-order valence-electron chi connectivity index (χ0n) is 10.4. The third kappa shape index (κ3) is 3.03. The van der Waals surface area contributed by atoms with E-state index >= 15 is 0 Å². The van der Waals surface area contributed by atoms with Gasteiger partial charge in [-0.3, -0.25) is 10.1 Å². The monoisotopic (exact) mass is 227 g/mol. The Kier molecular flexibility index (Phi) is 3.03. The third-order valence-electron chi connectivity index (χ3n) is 1.88. The Bertz CT molecular complexity index is 460. The predicted octanol–water partition coefficient (Wildman–Crippen LogP) is 0.783. The molecule has 1 N–H and O–H groups in total. The molecule has 1 aromatic rings. The van der Waals surface area contributed by atoms with Gasteiger partial charge in [-0.1, -0.05) is 12.1 Å². The van der Waals surface area contributed by atoms with E-state index in [1.54, 1.807) is 0 Å². The van der Waals surface area contributed by atoms with E-state index < -0.39 is 23.5 Å². The second-order valence-corrected chi connectivity index (χ2v) is 2.90. The Morgan fingerprint density at radius 2 is 2.19 bits per heavy atom. The van der Waals surface area contributed by atoms with Crippen LogP contribution >= 0.6 is 0 Å². The maximum Gasteiger partial charge on any atom is 0.337 e. The molecule has 0 aliphatic rings. The summed E-state index contributed by atoms with van der Waals surface area (Å²) in [5, 5.41) is 20.0. The maximum absolute atomic E-state index is 11.1. The number of carbonyl (C=O) groups is 1. The summed E-state index contributed by atoms with van der Waals surface area (Å²) in [5.41, 5.74) is 0.208. The summed E-state index contributed by atoms with van der Waals surface area (Å²) in [6.45, 7) is -2.99. The van der Waals surface area contributed by atoms with Crippen molar-refractivity contribution in [1.29, 1.82) is 0 Å². The molecule has 6 nitrogen and oxygen atoms in total. The van der Waals surface area contributed by atoms with Crippen molar-refractivity contribution in [2.24, 2.45) is 0 Å². The number of aliphatic hydroxyl groups excluding tert-OH is 1. The van der Waals surface area contributed by atoms with Crippen LogP contribution in [0, 0.1) is 10.1 Å². The van der Waals surface area contributed by atoms with Gasteiger partial charge in [0, 0.05) is 4.92 Å². The average molecular weight is 227 g/mol. The summed E-state index contributed by atoms with van der Waals surface area (Å²) < 4.78 is 18.7. The van der Waals surface area contributed by atoms with Crippen LogP contribution in [0.25, 0.3) is 0 Å². The third-order valence-corrected chi connectivity index (χ3v) is 1.88. The quantitative estimate of drug-likeness (QED) is 0.466. The molecule has 0 radical (unpaired) electrons. The molecule has 0 heterocycles. The fraction of sp³-hybridized carbons (Fsp3) is 0.300. The Labute approximate surface area is 94.4 Å². The molecule has 6 heteroatoms. The van der Waals surface area contributed by atoms with Gasteiger partial charge in [-0.2, -0.15) is 0 Å². The molecule has 1 atom stereocenters. The number of methoxy groups -OCH3 is 1. The van der Waals surface area contributed by atoms with Gasteiger partial charge in [0.05, 0.1) is 12.7 Å². The molecule has 86 valence electrons. The average Bonchev–Trinajstić information content (AvgIpc) is 2.36. The second-order valence-electron chi connectivity index (χ2n) is 2.90. The van der Waals surface area contributed by atoms with Gasteiger partial charge in [-0.15, -0.1) is 0 Å². The van der Waals surface area contributed by atoms with E-state index in [9.17, 15) is 20.0 Å².